The summed E-state index contributed by atoms with van der Waals surface area (Å²) in [4.78, 5) is 12.7. The minimum absolute atomic E-state index is 0.167. The maximum Gasteiger partial charge on any atom is 0.255 e. The van der Waals surface area contributed by atoms with Gasteiger partial charge in [-0.1, -0.05) is 42.5 Å². The van der Waals surface area contributed by atoms with Crippen LogP contribution >= 0.6 is 0 Å². The first-order valence-electron chi connectivity index (χ1n) is 8.60. The average molecular weight is 349 g/mol. The zero-order valence-corrected chi connectivity index (χ0v) is 15.2. The first-order chi connectivity index (χ1) is 12.5. The summed E-state index contributed by atoms with van der Waals surface area (Å²) in [7, 11) is 0. The molecule has 0 spiro atoms. The molecule has 134 valence electrons. The number of amides is 1. The van der Waals surface area contributed by atoms with Gasteiger partial charge >= 0.3 is 0 Å². The van der Waals surface area contributed by atoms with Gasteiger partial charge in [0.25, 0.3) is 5.91 Å². The fourth-order valence-electron chi connectivity index (χ4n) is 2.98. The summed E-state index contributed by atoms with van der Waals surface area (Å²) in [6, 6.07) is 15.1. The van der Waals surface area contributed by atoms with Crippen LogP contribution in [0.5, 0.6) is 0 Å². The first-order valence-corrected chi connectivity index (χ1v) is 8.60. The summed E-state index contributed by atoms with van der Waals surface area (Å²) in [6.45, 7) is 5.76. The normalized spacial score (nSPS) is 12.0. The molecular formula is C21H23N3O2. The van der Waals surface area contributed by atoms with Crippen LogP contribution in [-0.2, 0) is 0 Å². The molecule has 5 heteroatoms. The molecule has 1 heterocycles. The van der Waals surface area contributed by atoms with Gasteiger partial charge in [0.15, 0.2) is 0 Å². The summed E-state index contributed by atoms with van der Waals surface area (Å²) in [6.07, 6.45) is 1.58. The molecule has 3 aromatic rings. The molecule has 3 rings (SSSR count). The van der Waals surface area contributed by atoms with Gasteiger partial charge in [0.1, 0.15) is 0 Å². The van der Waals surface area contributed by atoms with Crippen LogP contribution in [0.1, 0.15) is 38.8 Å². The minimum atomic E-state index is -0.452. The Hall–Kier alpha value is -2.92. The van der Waals surface area contributed by atoms with Gasteiger partial charge in [-0.15, -0.1) is 0 Å². The third-order valence-electron chi connectivity index (χ3n) is 4.54. The number of carbonyl (C=O) groups is 1. The Bertz CT molecular complexity index is 916. The van der Waals surface area contributed by atoms with Crippen molar-refractivity contribution in [3.8, 4) is 5.69 Å². The molecule has 0 unspecified atom stereocenters. The third kappa shape index (κ3) is 3.53. The summed E-state index contributed by atoms with van der Waals surface area (Å²) in [5, 5.41) is 17.0. The monoisotopic (exact) mass is 349 g/mol. The number of hydrogen-bond acceptors (Lipinski definition) is 3. The van der Waals surface area contributed by atoms with Gasteiger partial charge in [-0.25, -0.2) is 4.68 Å². The van der Waals surface area contributed by atoms with E-state index in [0.29, 0.717) is 5.56 Å². The van der Waals surface area contributed by atoms with Crippen molar-refractivity contribution in [3.05, 3.63) is 82.7 Å². The molecule has 0 saturated heterocycles. The lowest BCUT2D eigenvalue weighted by molar-refractivity contribution is 0.0915. The van der Waals surface area contributed by atoms with E-state index < -0.39 is 6.04 Å². The Morgan fingerprint density at radius 2 is 1.88 bits per heavy atom. The Kier molecular flexibility index (Phi) is 5.19. The zero-order valence-electron chi connectivity index (χ0n) is 15.2. The number of carbonyl (C=O) groups excluding carboxylic acids is 1. The molecule has 0 fully saturated rings. The van der Waals surface area contributed by atoms with Gasteiger partial charge in [-0.05, 0) is 43.5 Å². The quantitative estimate of drug-likeness (QED) is 0.743. The molecular weight excluding hydrogens is 326 g/mol. The second kappa shape index (κ2) is 7.54. The van der Waals surface area contributed by atoms with Gasteiger partial charge in [-0.2, -0.15) is 5.10 Å². The predicted octanol–water partition coefficient (Wildman–Crippen LogP) is 3.26. The summed E-state index contributed by atoms with van der Waals surface area (Å²) >= 11 is 0. The number of aryl methyl sites for hydroxylation is 2. The van der Waals surface area contributed by atoms with Crippen LogP contribution in [0.25, 0.3) is 5.69 Å². The van der Waals surface area contributed by atoms with Gasteiger partial charge in [-0.3, -0.25) is 4.79 Å². The average Bonchev–Trinajstić information content (AvgIpc) is 3.03. The maximum absolute atomic E-state index is 12.7. The van der Waals surface area contributed by atoms with Crippen LogP contribution in [0.4, 0.5) is 0 Å². The molecule has 0 aliphatic carbocycles. The van der Waals surface area contributed by atoms with Crippen LogP contribution < -0.4 is 5.32 Å². The highest BCUT2D eigenvalue weighted by Gasteiger charge is 2.20. The van der Waals surface area contributed by atoms with Crippen LogP contribution in [0.2, 0.25) is 0 Å². The highest BCUT2D eigenvalue weighted by atomic mass is 16.3. The Labute approximate surface area is 153 Å². The van der Waals surface area contributed by atoms with Crippen molar-refractivity contribution < 1.29 is 9.90 Å². The largest absolute Gasteiger partial charge is 0.394 e. The first kappa shape index (κ1) is 17.9. The van der Waals surface area contributed by atoms with E-state index >= 15 is 0 Å². The number of nitrogens with one attached hydrogen (secondary N) is 1. The van der Waals surface area contributed by atoms with E-state index in [-0.39, 0.29) is 12.5 Å². The van der Waals surface area contributed by atoms with Gasteiger partial charge in [0.2, 0.25) is 0 Å². The third-order valence-corrected chi connectivity index (χ3v) is 4.54. The van der Waals surface area contributed by atoms with Crippen LogP contribution in [-0.4, -0.2) is 27.4 Å². The predicted molar refractivity (Wildman–Crippen MR) is 102 cm³/mol. The molecule has 2 N–H and O–H groups in total. The van der Waals surface area contributed by atoms with Crippen molar-refractivity contribution in [3.63, 3.8) is 0 Å². The van der Waals surface area contributed by atoms with Crippen LogP contribution in [0.15, 0.2) is 54.7 Å². The van der Waals surface area contributed by atoms with E-state index in [4.69, 9.17) is 0 Å². The van der Waals surface area contributed by atoms with E-state index in [1.807, 2.05) is 57.2 Å². The van der Waals surface area contributed by atoms with E-state index in [9.17, 15) is 9.90 Å². The number of nitrogens with zero attached hydrogens (tertiary/aromatic N) is 2. The van der Waals surface area contributed by atoms with E-state index in [0.717, 1.165) is 28.1 Å². The van der Waals surface area contributed by atoms with Crippen molar-refractivity contribution >= 4 is 5.91 Å². The number of aliphatic hydroxyl groups is 1. The van der Waals surface area contributed by atoms with Crippen molar-refractivity contribution in [1.29, 1.82) is 0 Å². The van der Waals surface area contributed by atoms with Crippen molar-refractivity contribution in [1.82, 2.24) is 15.1 Å². The number of hydrogen-bond donors (Lipinski definition) is 2. The van der Waals surface area contributed by atoms with E-state index in [1.165, 1.54) is 0 Å². The standard InChI is InChI=1S/C21H23N3O2/c1-14-9-10-15(2)20(11-14)24-16(3)18(12-22-24)21(26)23-19(13-25)17-7-5-4-6-8-17/h4-12,19,25H,13H2,1-3H3,(H,23,26)/t19-/m1/s1. The fourth-order valence-corrected chi connectivity index (χ4v) is 2.98. The molecule has 0 saturated carbocycles. The second-order valence-corrected chi connectivity index (χ2v) is 6.46. The Morgan fingerprint density at radius 3 is 2.58 bits per heavy atom. The van der Waals surface area contributed by atoms with Gasteiger partial charge in [0.05, 0.1) is 35.8 Å². The molecule has 0 aliphatic heterocycles. The SMILES string of the molecule is Cc1ccc(C)c(-n2ncc(C(=O)N[C@H](CO)c3ccccc3)c2C)c1. The molecule has 1 aromatic heterocycles. The molecule has 26 heavy (non-hydrogen) atoms. The Balaban J connectivity index is 1.87. The highest BCUT2D eigenvalue weighted by molar-refractivity contribution is 5.95. The molecule has 5 nitrogen and oxygen atoms in total. The van der Waals surface area contributed by atoms with Gasteiger partial charge in [0, 0.05) is 0 Å². The number of benzene rings is 2. The molecule has 0 aliphatic rings. The maximum atomic E-state index is 12.7. The van der Waals surface area contributed by atoms with E-state index in [2.05, 4.69) is 22.5 Å². The molecule has 1 atom stereocenters. The number of aromatic nitrogens is 2. The molecule has 0 bridgehead atoms. The topological polar surface area (TPSA) is 67.2 Å². The lowest BCUT2D eigenvalue weighted by Gasteiger charge is -2.16. The Morgan fingerprint density at radius 1 is 1.15 bits per heavy atom. The van der Waals surface area contributed by atoms with Crippen LogP contribution in [0, 0.1) is 20.8 Å². The van der Waals surface area contributed by atoms with Crippen molar-refractivity contribution in [2.45, 2.75) is 26.8 Å². The zero-order chi connectivity index (χ0) is 18.7. The second-order valence-electron chi connectivity index (χ2n) is 6.46. The highest BCUT2D eigenvalue weighted by Crippen LogP contribution is 2.20. The summed E-state index contributed by atoms with van der Waals surface area (Å²) in [5.74, 6) is -0.248. The fraction of sp³-hybridized carbons (Fsp3) is 0.238. The lowest BCUT2D eigenvalue weighted by atomic mass is 10.1. The smallest absolute Gasteiger partial charge is 0.255 e. The van der Waals surface area contributed by atoms with E-state index in [1.54, 1.807) is 10.9 Å². The van der Waals surface area contributed by atoms with Crippen molar-refractivity contribution in [2.24, 2.45) is 0 Å². The van der Waals surface area contributed by atoms with Crippen LogP contribution in [0.3, 0.4) is 0 Å². The molecule has 1 amide bonds. The molecule has 2 aromatic carbocycles. The van der Waals surface area contributed by atoms with Gasteiger partial charge < -0.3 is 10.4 Å². The minimum Gasteiger partial charge on any atom is -0.394 e. The lowest BCUT2D eigenvalue weighted by Crippen LogP contribution is -2.31. The summed E-state index contributed by atoms with van der Waals surface area (Å²) in [5.41, 5.74) is 5.31. The number of aliphatic hydroxyl groups excluding tert-OH is 1. The number of rotatable bonds is 5. The summed E-state index contributed by atoms with van der Waals surface area (Å²) < 4.78 is 1.79. The molecule has 0 radical (unpaired) electrons. The van der Waals surface area contributed by atoms with Crippen molar-refractivity contribution in [2.75, 3.05) is 6.61 Å².